The Morgan fingerprint density at radius 1 is 1.44 bits per heavy atom. The van der Waals surface area contributed by atoms with Crippen LogP contribution in [-0.2, 0) is 5.72 Å². The van der Waals surface area contributed by atoms with Crippen molar-refractivity contribution in [2.75, 3.05) is 0 Å². The molecule has 16 heavy (non-hydrogen) atoms. The van der Waals surface area contributed by atoms with Crippen LogP contribution in [0.15, 0.2) is 18.2 Å². The second kappa shape index (κ2) is 3.91. The Bertz CT molecular complexity index is 428. The van der Waals surface area contributed by atoms with Crippen LogP contribution in [0.3, 0.4) is 0 Å². The van der Waals surface area contributed by atoms with Crippen LogP contribution in [-0.4, -0.2) is 11.0 Å². The Morgan fingerprint density at radius 2 is 2.19 bits per heavy atom. The molecule has 2 N–H and O–H groups in total. The molecule has 0 saturated carbocycles. The first-order chi connectivity index (χ1) is 7.58. The van der Waals surface area contributed by atoms with Gasteiger partial charge in [-0.2, -0.15) is 0 Å². The third kappa shape index (κ3) is 1.61. The van der Waals surface area contributed by atoms with Crippen molar-refractivity contribution in [2.24, 2.45) is 0 Å². The molecule has 1 aliphatic heterocycles. The van der Waals surface area contributed by atoms with Gasteiger partial charge in [-0.05, 0) is 25.3 Å². The third-order valence-electron chi connectivity index (χ3n) is 3.16. The largest absolute Gasteiger partial charge is 0.367 e. The molecule has 2 rings (SSSR count). The minimum atomic E-state index is -1.16. The van der Waals surface area contributed by atoms with Gasteiger partial charge in [0.1, 0.15) is 0 Å². The summed E-state index contributed by atoms with van der Waals surface area (Å²) in [7, 11) is 0. The summed E-state index contributed by atoms with van der Waals surface area (Å²) in [6.45, 7) is 3.96. The molecule has 0 aromatic heterocycles. The molecular formula is C13H17NO2. The molecule has 1 aromatic rings. The number of hydrogen-bond acceptors (Lipinski definition) is 2. The van der Waals surface area contributed by atoms with Crippen LogP contribution < -0.4 is 5.32 Å². The summed E-state index contributed by atoms with van der Waals surface area (Å²) in [5.74, 6) is -0.160. The van der Waals surface area contributed by atoms with Gasteiger partial charge in [-0.15, -0.1) is 0 Å². The maximum atomic E-state index is 11.8. The van der Waals surface area contributed by atoms with E-state index < -0.39 is 5.72 Å². The molecule has 0 radical (unpaired) electrons. The number of hydrogen-bond donors (Lipinski definition) is 2. The zero-order valence-electron chi connectivity index (χ0n) is 9.71. The number of rotatable bonds is 3. The van der Waals surface area contributed by atoms with Crippen molar-refractivity contribution >= 4 is 5.91 Å². The minimum absolute atomic E-state index is 0.160. The van der Waals surface area contributed by atoms with Crippen LogP contribution >= 0.6 is 0 Å². The molecule has 1 unspecified atom stereocenters. The quantitative estimate of drug-likeness (QED) is 0.817. The molecule has 0 spiro atoms. The van der Waals surface area contributed by atoms with E-state index in [1.807, 2.05) is 25.1 Å². The highest BCUT2D eigenvalue weighted by molar-refractivity contribution is 6.00. The fourth-order valence-electron chi connectivity index (χ4n) is 2.26. The van der Waals surface area contributed by atoms with E-state index in [1.54, 1.807) is 0 Å². The highest BCUT2D eigenvalue weighted by Crippen LogP contribution is 2.34. The van der Waals surface area contributed by atoms with E-state index in [-0.39, 0.29) is 5.91 Å². The number of fused-ring (bicyclic) bond motifs is 1. The van der Waals surface area contributed by atoms with Crippen molar-refractivity contribution in [3.63, 3.8) is 0 Å². The highest BCUT2D eigenvalue weighted by atomic mass is 16.3. The Kier molecular flexibility index (Phi) is 2.72. The number of carbonyl (C=O) groups is 1. The van der Waals surface area contributed by atoms with Gasteiger partial charge in [-0.3, -0.25) is 4.79 Å². The fourth-order valence-corrected chi connectivity index (χ4v) is 2.26. The number of amides is 1. The van der Waals surface area contributed by atoms with Gasteiger partial charge >= 0.3 is 0 Å². The van der Waals surface area contributed by atoms with E-state index in [9.17, 15) is 9.90 Å². The highest BCUT2D eigenvalue weighted by Gasteiger charge is 2.41. The lowest BCUT2D eigenvalue weighted by molar-refractivity contribution is 0.00358. The molecule has 0 aliphatic carbocycles. The number of benzene rings is 1. The molecule has 1 heterocycles. The summed E-state index contributed by atoms with van der Waals surface area (Å²) in [5.41, 5.74) is 1.13. The monoisotopic (exact) mass is 219 g/mol. The molecule has 0 bridgehead atoms. The zero-order chi connectivity index (χ0) is 11.8. The normalized spacial score (nSPS) is 23.1. The van der Waals surface area contributed by atoms with Crippen molar-refractivity contribution < 1.29 is 9.90 Å². The standard InChI is InChI=1S/C13H17NO2/c1-3-4-8-13(16)10-7-5-6-9(2)11(10)12(15)14-13/h5-7,16H,3-4,8H2,1-2H3,(H,14,15). The molecular weight excluding hydrogens is 202 g/mol. The van der Waals surface area contributed by atoms with Crippen molar-refractivity contribution in [2.45, 2.75) is 38.8 Å². The second-order valence-corrected chi connectivity index (χ2v) is 4.42. The Labute approximate surface area is 95.5 Å². The Morgan fingerprint density at radius 3 is 2.88 bits per heavy atom. The topological polar surface area (TPSA) is 49.3 Å². The predicted molar refractivity (Wildman–Crippen MR) is 62.1 cm³/mol. The second-order valence-electron chi connectivity index (χ2n) is 4.42. The van der Waals surface area contributed by atoms with E-state index >= 15 is 0 Å². The molecule has 3 heteroatoms. The summed E-state index contributed by atoms with van der Waals surface area (Å²) < 4.78 is 0. The van der Waals surface area contributed by atoms with Crippen molar-refractivity contribution in [3.05, 3.63) is 34.9 Å². The SMILES string of the molecule is CCCCC1(O)NC(=O)c2c(C)cccc21. The van der Waals surface area contributed by atoms with Crippen LogP contribution in [0.2, 0.25) is 0 Å². The average Bonchev–Trinajstić information content (AvgIpc) is 2.50. The third-order valence-corrected chi connectivity index (χ3v) is 3.16. The Hall–Kier alpha value is -1.35. The number of aliphatic hydroxyl groups is 1. The first-order valence-electron chi connectivity index (χ1n) is 5.73. The van der Waals surface area contributed by atoms with Gasteiger partial charge in [-0.1, -0.05) is 31.5 Å². The number of carbonyl (C=O) groups excluding carboxylic acids is 1. The Balaban J connectivity index is 2.43. The predicted octanol–water partition coefficient (Wildman–Crippen LogP) is 2.07. The van der Waals surface area contributed by atoms with Crippen LogP contribution in [0, 0.1) is 6.92 Å². The van der Waals surface area contributed by atoms with Crippen molar-refractivity contribution in [1.82, 2.24) is 5.32 Å². The van der Waals surface area contributed by atoms with E-state index in [1.165, 1.54) is 0 Å². The van der Waals surface area contributed by atoms with Crippen LogP contribution in [0.1, 0.15) is 47.7 Å². The van der Waals surface area contributed by atoms with Crippen LogP contribution in [0.4, 0.5) is 0 Å². The zero-order valence-corrected chi connectivity index (χ0v) is 9.71. The fraction of sp³-hybridized carbons (Fsp3) is 0.462. The van der Waals surface area contributed by atoms with Gasteiger partial charge < -0.3 is 10.4 Å². The summed E-state index contributed by atoms with van der Waals surface area (Å²) in [5, 5.41) is 13.1. The van der Waals surface area contributed by atoms with Crippen LogP contribution in [0.5, 0.6) is 0 Å². The smallest absolute Gasteiger partial charge is 0.254 e. The summed E-state index contributed by atoms with van der Waals surface area (Å²) in [6.07, 6.45) is 2.47. The van der Waals surface area contributed by atoms with Gasteiger partial charge in [0, 0.05) is 5.56 Å². The number of aryl methyl sites for hydroxylation is 1. The average molecular weight is 219 g/mol. The molecule has 1 aromatic carbocycles. The molecule has 0 saturated heterocycles. The van der Waals surface area contributed by atoms with Gasteiger partial charge in [0.2, 0.25) is 0 Å². The minimum Gasteiger partial charge on any atom is -0.367 e. The first kappa shape index (κ1) is 11.1. The number of unbranched alkanes of at least 4 members (excludes halogenated alkanes) is 1. The molecule has 86 valence electrons. The summed E-state index contributed by atoms with van der Waals surface area (Å²) in [6, 6.07) is 5.60. The maximum Gasteiger partial charge on any atom is 0.254 e. The molecule has 1 atom stereocenters. The van der Waals surface area contributed by atoms with Gasteiger partial charge in [-0.25, -0.2) is 0 Å². The van der Waals surface area contributed by atoms with Crippen molar-refractivity contribution in [1.29, 1.82) is 0 Å². The molecule has 1 aliphatic rings. The van der Waals surface area contributed by atoms with E-state index in [0.717, 1.165) is 24.0 Å². The number of nitrogens with one attached hydrogen (secondary N) is 1. The molecule has 0 fully saturated rings. The van der Waals surface area contributed by atoms with Gasteiger partial charge in [0.25, 0.3) is 5.91 Å². The molecule has 3 nitrogen and oxygen atoms in total. The van der Waals surface area contributed by atoms with Crippen molar-refractivity contribution in [3.8, 4) is 0 Å². The maximum absolute atomic E-state index is 11.8. The lowest BCUT2D eigenvalue weighted by atomic mass is 9.94. The first-order valence-corrected chi connectivity index (χ1v) is 5.73. The van der Waals surface area contributed by atoms with Crippen LogP contribution in [0.25, 0.3) is 0 Å². The van der Waals surface area contributed by atoms with E-state index in [0.29, 0.717) is 12.0 Å². The van der Waals surface area contributed by atoms with E-state index in [2.05, 4.69) is 12.2 Å². The summed E-state index contributed by atoms with van der Waals surface area (Å²) >= 11 is 0. The molecule has 1 amide bonds. The van der Waals surface area contributed by atoms with E-state index in [4.69, 9.17) is 0 Å². The lowest BCUT2D eigenvalue weighted by Gasteiger charge is -2.23. The lowest BCUT2D eigenvalue weighted by Crippen LogP contribution is -2.38. The van der Waals surface area contributed by atoms with Gasteiger partial charge in [0.05, 0.1) is 5.56 Å². The summed E-state index contributed by atoms with van der Waals surface area (Å²) in [4.78, 5) is 11.8. The van der Waals surface area contributed by atoms with Gasteiger partial charge in [0.15, 0.2) is 5.72 Å².